The second-order valence-corrected chi connectivity index (χ2v) is 4.23. The van der Waals surface area contributed by atoms with Gasteiger partial charge in [-0.15, -0.1) is 0 Å². The summed E-state index contributed by atoms with van der Waals surface area (Å²) in [5, 5.41) is 0. The molecule has 1 aromatic rings. The lowest BCUT2D eigenvalue weighted by Crippen LogP contribution is -2.16. The summed E-state index contributed by atoms with van der Waals surface area (Å²) in [4.78, 5) is 4.47. The zero-order valence-electron chi connectivity index (χ0n) is 10.0. The Morgan fingerprint density at radius 3 is 2.47 bits per heavy atom. The van der Waals surface area contributed by atoms with E-state index in [2.05, 4.69) is 18.8 Å². The van der Waals surface area contributed by atoms with Gasteiger partial charge in [-0.3, -0.25) is 4.98 Å². The molecule has 0 bridgehead atoms. The molecule has 0 aliphatic carbocycles. The number of hydrogen-bond donors (Lipinski definition) is 1. The van der Waals surface area contributed by atoms with Gasteiger partial charge in [0.2, 0.25) is 0 Å². The Labute approximate surface area is 92.9 Å². The largest absolute Gasteiger partial charge is 0.323 e. The highest BCUT2D eigenvalue weighted by atomic mass is 14.8. The molecule has 15 heavy (non-hydrogen) atoms. The van der Waals surface area contributed by atoms with Gasteiger partial charge in [0.05, 0.1) is 5.69 Å². The molecule has 1 unspecified atom stereocenters. The minimum Gasteiger partial charge on any atom is -0.323 e. The van der Waals surface area contributed by atoms with E-state index in [1.165, 1.54) is 12.8 Å². The minimum atomic E-state index is 0.0924. The molecule has 0 saturated heterocycles. The maximum absolute atomic E-state index is 6.15. The number of aromatic nitrogens is 1. The van der Waals surface area contributed by atoms with E-state index in [1.54, 1.807) is 0 Å². The van der Waals surface area contributed by atoms with E-state index in [9.17, 15) is 0 Å². The summed E-state index contributed by atoms with van der Waals surface area (Å²) in [7, 11) is 0. The van der Waals surface area contributed by atoms with Crippen LogP contribution in [-0.2, 0) is 0 Å². The van der Waals surface area contributed by atoms with Crippen molar-refractivity contribution in [2.75, 3.05) is 0 Å². The summed E-state index contributed by atoms with van der Waals surface area (Å²) >= 11 is 0. The number of rotatable bonds is 5. The molecule has 1 atom stereocenters. The molecule has 0 saturated carbocycles. The van der Waals surface area contributed by atoms with Gasteiger partial charge in [0.15, 0.2) is 0 Å². The van der Waals surface area contributed by atoms with Crippen LogP contribution in [0.1, 0.15) is 50.5 Å². The van der Waals surface area contributed by atoms with Crippen molar-refractivity contribution >= 4 is 0 Å². The van der Waals surface area contributed by atoms with Crippen LogP contribution in [0.25, 0.3) is 0 Å². The Bertz CT molecular complexity index is 292. The van der Waals surface area contributed by atoms with Gasteiger partial charge < -0.3 is 5.73 Å². The fourth-order valence-corrected chi connectivity index (χ4v) is 1.87. The van der Waals surface area contributed by atoms with Crippen molar-refractivity contribution in [2.24, 2.45) is 11.7 Å². The van der Waals surface area contributed by atoms with E-state index in [-0.39, 0.29) is 6.04 Å². The van der Waals surface area contributed by atoms with Crippen molar-refractivity contribution in [1.29, 1.82) is 0 Å². The van der Waals surface area contributed by atoms with Crippen molar-refractivity contribution in [2.45, 2.75) is 46.1 Å². The van der Waals surface area contributed by atoms with Gasteiger partial charge in [-0.2, -0.15) is 0 Å². The van der Waals surface area contributed by atoms with E-state index in [0.717, 1.165) is 23.7 Å². The topological polar surface area (TPSA) is 38.9 Å². The molecule has 1 aromatic heterocycles. The molecule has 0 radical (unpaired) electrons. The number of nitrogens with zero attached hydrogens (tertiary/aromatic N) is 1. The third-order valence-corrected chi connectivity index (χ3v) is 3.03. The Morgan fingerprint density at radius 1 is 1.27 bits per heavy atom. The highest BCUT2D eigenvalue weighted by Crippen LogP contribution is 2.22. The first-order valence-electron chi connectivity index (χ1n) is 5.86. The first-order valence-corrected chi connectivity index (χ1v) is 5.86. The smallest absolute Gasteiger partial charge is 0.0574 e. The van der Waals surface area contributed by atoms with Gasteiger partial charge in [0.1, 0.15) is 0 Å². The van der Waals surface area contributed by atoms with Crippen LogP contribution < -0.4 is 5.73 Å². The third kappa shape index (κ3) is 3.63. The van der Waals surface area contributed by atoms with Crippen LogP contribution in [0.2, 0.25) is 0 Å². The average molecular weight is 206 g/mol. The van der Waals surface area contributed by atoms with Gasteiger partial charge in [-0.1, -0.05) is 32.8 Å². The number of nitrogens with two attached hydrogens (primary N) is 1. The number of pyridine rings is 1. The maximum atomic E-state index is 6.15. The zero-order valence-corrected chi connectivity index (χ0v) is 10.0. The van der Waals surface area contributed by atoms with Crippen LogP contribution in [0.15, 0.2) is 18.2 Å². The van der Waals surface area contributed by atoms with Crippen molar-refractivity contribution in [3.8, 4) is 0 Å². The summed E-state index contributed by atoms with van der Waals surface area (Å²) in [6.07, 6.45) is 3.45. The van der Waals surface area contributed by atoms with Crippen molar-refractivity contribution in [3.63, 3.8) is 0 Å². The number of hydrogen-bond acceptors (Lipinski definition) is 2. The Hall–Kier alpha value is -0.890. The molecule has 2 heteroatoms. The van der Waals surface area contributed by atoms with Gasteiger partial charge in [-0.05, 0) is 31.4 Å². The van der Waals surface area contributed by atoms with E-state index in [0.29, 0.717) is 0 Å². The van der Waals surface area contributed by atoms with Crippen molar-refractivity contribution < 1.29 is 0 Å². The molecule has 0 fully saturated rings. The molecular weight excluding hydrogens is 184 g/mol. The third-order valence-electron chi connectivity index (χ3n) is 3.03. The molecule has 84 valence electrons. The lowest BCUT2D eigenvalue weighted by molar-refractivity contribution is 0.410. The van der Waals surface area contributed by atoms with Crippen LogP contribution in [-0.4, -0.2) is 4.98 Å². The quantitative estimate of drug-likeness (QED) is 0.803. The molecule has 0 aliphatic rings. The Morgan fingerprint density at radius 2 is 1.93 bits per heavy atom. The normalized spacial score (nSPS) is 13.1. The van der Waals surface area contributed by atoms with Gasteiger partial charge in [-0.25, -0.2) is 0 Å². The highest BCUT2D eigenvalue weighted by molar-refractivity contribution is 5.13. The molecule has 0 spiro atoms. The zero-order chi connectivity index (χ0) is 11.3. The van der Waals surface area contributed by atoms with E-state index in [1.807, 2.05) is 25.1 Å². The van der Waals surface area contributed by atoms with Gasteiger partial charge in [0, 0.05) is 11.7 Å². The summed E-state index contributed by atoms with van der Waals surface area (Å²) in [5.74, 6) is 0.724. The second kappa shape index (κ2) is 5.86. The fourth-order valence-electron chi connectivity index (χ4n) is 1.87. The minimum absolute atomic E-state index is 0.0924. The van der Waals surface area contributed by atoms with Crippen LogP contribution in [0.5, 0.6) is 0 Å². The fraction of sp³-hybridized carbons (Fsp3) is 0.615. The average Bonchev–Trinajstić information content (AvgIpc) is 2.25. The molecule has 2 nitrogen and oxygen atoms in total. The van der Waals surface area contributed by atoms with Crippen molar-refractivity contribution in [1.82, 2.24) is 4.98 Å². The van der Waals surface area contributed by atoms with Gasteiger partial charge in [0.25, 0.3) is 0 Å². The lowest BCUT2D eigenvalue weighted by atomic mass is 9.93. The predicted octanol–water partition coefficient (Wildman–Crippen LogP) is 3.22. The maximum Gasteiger partial charge on any atom is 0.0574 e. The summed E-state index contributed by atoms with van der Waals surface area (Å²) in [5.41, 5.74) is 8.23. The standard InChI is InChI=1S/C13H22N2/c1-4-11(5-2)9-12(14)13-8-6-7-10(3)15-13/h6-8,11-12H,4-5,9,14H2,1-3H3. The molecular formula is C13H22N2. The predicted molar refractivity (Wildman–Crippen MR) is 64.6 cm³/mol. The van der Waals surface area contributed by atoms with Crippen LogP contribution in [0.3, 0.4) is 0 Å². The van der Waals surface area contributed by atoms with Crippen molar-refractivity contribution in [3.05, 3.63) is 29.6 Å². The SMILES string of the molecule is CCC(CC)CC(N)c1cccc(C)n1. The Kier molecular flexibility index (Phi) is 4.76. The highest BCUT2D eigenvalue weighted by Gasteiger charge is 2.12. The molecule has 1 heterocycles. The molecule has 0 aliphatic heterocycles. The monoisotopic (exact) mass is 206 g/mol. The number of aryl methyl sites for hydroxylation is 1. The molecule has 0 amide bonds. The molecule has 1 rings (SSSR count). The van der Waals surface area contributed by atoms with Crippen LogP contribution in [0, 0.1) is 12.8 Å². The first kappa shape index (κ1) is 12.2. The summed E-state index contributed by atoms with van der Waals surface area (Å²) < 4.78 is 0. The van der Waals surface area contributed by atoms with E-state index >= 15 is 0 Å². The summed E-state index contributed by atoms with van der Waals surface area (Å²) in [6.45, 7) is 6.46. The van der Waals surface area contributed by atoms with Gasteiger partial charge >= 0.3 is 0 Å². The van der Waals surface area contributed by atoms with Crippen LogP contribution in [0.4, 0.5) is 0 Å². The second-order valence-electron chi connectivity index (χ2n) is 4.23. The van der Waals surface area contributed by atoms with E-state index < -0.39 is 0 Å². The lowest BCUT2D eigenvalue weighted by Gasteiger charge is -2.18. The molecule has 0 aromatic carbocycles. The van der Waals surface area contributed by atoms with Crippen LogP contribution >= 0.6 is 0 Å². The Balaban J connectivity index is 2.64. The van der Waals surface area contributed by atoms with E-state index in [4.69, 9.17) is 5.73 Å². The summed E-state index contributed by atoms with van der Waals surface area (Å²) in [6, 6.07) is 6.16. The molecule has 2 N–H and O–H groups in total. The first-order chi connectivity index (χ1) is 7.17.